The number of nitrogens with one attached hydrogen (secondary N) is 1. The second-order valence-electron chi connectivity index (χ2n) is 11.9. The zero-order chi connectivity index (χ0) is 40.2. The van der Waals surface area contributed by atoms with Gasteiger partial charge in [0.25, 0.3) is 11.1 Å². The van der Waals surface area contributed by atoms with E-state index in [1.54, 1.807) is 24.3 Å². The van der Waals surface area contributed by atoms with E-state index in [4.69, 9.17) is 32.5 Å². The number of hydrogen-bond donors (Lipinski definition) is 2. The number of aromatic nitrogens is 2. The Hall–Kier alpha value is -6.22. The molecule has 6 rings (SSSR count). The minimum Gasteiger partial charge on any atom is -0.428 e. The lowest BCUT2D eigenvalue weighted by Crippen LogP contribution is -2.41. The van der Waals surface area contributed by atoms with E-state index in [-0.39, 0.29) is 46.9 Å². The summed E-state index contributed by atoms with van der Waals surface area (Å²) in [6.45, 7) is 0.499. The molecule has 0 unspecified atom stereocenters. The van der Waals surface area contributed by atoms with Crippen LogP contribution in [-0.4, -0.2) is 57.4 Å². The van der Waals surface area contributed by atoms with Gasteiger partial charge in [-0.3, -0.25) is 14.4 Å². The van der Waals surface area contributed by atoms with E-state index in [2.05, 4.69) is 24.9 Å². The van der Waals surface area contributed by atoms with E-state index in [0.29, 0.717) is 5.02 Å². The van der Waals surface area contributed by atoms with Gasteiger partial charge in [-0.1, -0.05) is 82.6 Å². The molecule has 2 aromatic heterocycles. The predicted octanol–water partition coefficient (Wildman–Crippen LogP) is 7.82. The Morgan fingerprint density at radius 1 is 0.768 bits per heavy atom. The van der Waals surface area contributed by atoms with E-state index in [1.165, 1.54) is 42.5 Å². The summed E-state index contributed by atoms with van der Waals surface area (Å²) in [4.78, 5) is 46.9. The number of esters is 2. The first kappa shape index (κ1) is 41.0. The number of halogens is 4. The monoisotopic (exact) mass is 805 g/mol. The Morgan fingerprint density at radius 3 is 1.91 bits per heavy atom. The minimum atomic E-state index is -1.63. The summed E-state index contributed by atoms with van der Waals surface area (Å²) >= 11 is 11.3. The predicted molar refractivity (Wildman–Crippen MR) is 199 cm³/mol. The number of carbonyl (C=O) groups excluding carboxylic acids is 4. The summed E-state index contributed by atoms with van der Waals surface area (Å²) in [7, 11) is 0. The second kappa shape index (κ2) is 19.4. The minimum absolute atomic E-state index is 0.102. The normalized spacial score (nSPS) is 11.8. The smallest absolute Gasteiger partial charge is 0.337 e. The summed E-state index contributed by atoms with van der Waals surface area (Å²) in [5, 5.41) is 20.4. The van der Waals surface area contributed by atoms with Gasteiger partial charge in [-0.05, 0) is 71.1 Å². The van der Waals surface area contributed by atoms with Crippen molar-refractivity contribution in [3.63, 3.8) is 0 Å². The quantitative estimate of drug-likeness (QED) is 0.0663. The molecule has 56 heavy (non-hydrogen) atoms. The third kappa shape index (κ3) is 11.4. The summed E-state index contributed by atoms with van der Waals surface area (Å²) in [6, 6.07) is 28.7. The number of hydrogen-bond acceptors (Lipinski definition) is 11. The first-order chi connectivity index (χ1) is 26.9. The Morgan fingerprint density at radius 2 is 1.36 bits per heavy atom. The zero-order valence-corrected chi connectivity index (χ0v) is 30.8. The largest absolute Gasteiger partial charge is 0.428 e. The Balaban J connectivity index is 0.000000332. The standard InChI is InChI=1S/C30H26ClFN2O7.C10H5ClFNO2/c1-18(35)39-17-40-30(38)27(36)15-23(13-19-9-11-20(12-10-19)21-5-4-6-22(31)14-21)33-29(37)28-16-26(34-41-28)24-7-2-3-8-25(24)32;11-10(14)9-5-8(13-15-9)6-3-1-2-4-7(6)12/h2-12,14,16,23,27,36H,13,15,17H2,1H3,(H,33,37);1-5H/t23-,27-;/m1./s1. The van der Waals surface area contributed by atoms with Crippen molar-refractivity contribution >= 4 is 46.3 Å². The molecule has 2 N–H and O–H groups in total. The van der Waals surface area contributed by atoms with Crippen molar-refractivity contribution < 1.29 is 51.6 Å². The Kier molecular flexibility index (Phi) is 14.2. The highest BCUT2D eigenvalue weighted by Gasteiger charge is 2.26. The maximum Gasteiger partial charge on any atom is 0.337 e. The number of nitrogens with zero attached hydrogens (tertiary/aromatic N) is 2. The number of aliphatic hydroxyl groups excluding tert-OH is 1. The molecule has 2 atom stereocenters. The van der Waals surface area contributed by atoms with Crippen LogP contribution in [0.15, 0.2) is 118 Å². The van der Waals surface area contributed by atoms with Crippen molar-refractivity contribution in [1.82, 2.24) is 15.6 Å². The van der Waals surface area contributed by atoms with Crippen LogP contribution in [0.1, 0.15) is 40.0 Å². The number of carbonyl (C=O) groups is 4. The average Bonchev–Trinajstić information content (AvgIpc) is 3.87. The second-order valence-corrected chi connectivity index (χ2v) is 12.7. The van der Waals surface area contributed by atoms with E-state index in [1.807, 2.05) is 42.5 Å². The Labute approximate surface area is 327 Å². The molecule has 0 aliphatic carbocycles. The number of aliphatic hydroxyl groups is 1. The first-order valence-corrected chi connectivity index (χ1v) is 17.4. The van der Waals surface area contributed by atoms with Crippen LogP contribution >= 0.6 is 23.2 Å². The van der Waals surface area contributed by atoms with Crippen molar-refractivity contribution in [2.24, 2.45) is 0 Å². The van der Waals surface area contributed by atoms with Gasteiger partial charge in [0.05, 0.1) is 0 Å². The Bertz CT molecular complexity index is 2310. The number of amides is 1. The average molecular weight is 807 g/mol. The van der Waals surface area contributed by atoms with Crippen molar-refractivity contribution in [3.8, 4) is 33.6 Å². The van der Waals surface area contributed by atoms with Gasteiger partial charge < -0.3 is 28.9 Å². The van der Waals surface area contributed by atoms with Gasteiger partial charge in [-0.15, -0.1) is 0 Å². The van der Waals surface area contributed by atoms with E-state index in [0.717, 1.165) is 23.6 Å². The maximum atomic E-state index is 14.2. The molecule has 0 aliphatic rings. The van der Waals surface area contributed by atoms with Crippen molar-refractivity contribution in [1.29, 1.82) is 0 Å². The lowest BCUT2D eigenvalue weighted by molar-refractivity contribution is -0.172. The molecule has 0 aliphatic heterocycles. The highest BCUT2D eigenvalue weighted by Crippen LogP contribution is 2.25. The molecule has 4 aromatic carbocycles. The summed E-state index contributed by atoms with van der Waals surface area (Å²) in [5.41, 5.74) is 3.46. The fraction of sp³-hybridized carbons (Fsp3) is 0.150. The van der Waals surface area contributed by atoms with Gasteiger partial charge in [0.1, 0.15) is 23.0 Å². The van der Waals surface area contributed by atoms with Gasteiger partial charge in [-0.2, -0.15) is 0 Å². The third-order valence-corrected chi connectivity index (χ3v) is 8.33. The summed E-state index contributed by atoms with van der Waals surface area (Å²) < 4.78 is 46.6. The fourth-order valence-corrected chi connectivity index (χ4v) is 5.49. The fourth-order valence-electron chi connectivity index (χ4n) is 5.21. The van der Waals surface area contributed by atoms with Crippen LogP contribution in [-0.2, 0) is 25.5 Å². The highest BCUT2D eigenvalue weighted by atomic mass is 35.5. The molecule has 0 bridgehead atoms. The molecule has 1 amide bonds. The lowest BCUT2D eigenvalue weighted by atomic mass is 9.97. The molecule has 2 heterocycles. The van der Waals surface area contributed by atoms with E-state index < -0.39 is 53.7 Å². The molecule has 0 fully saturated rings. The SMILES string of the molecule is CC(=O)OCOC(=O)[C@H](O)C[C@@H](Cc1ccc(-c2cccc(Cl)c2)cc1)NC(=O)c1cc(-c2ccccc2F)no1.O=C(Cl)c1cc(-c2ccccc2F)no1. The maximum absolute atomic E-state index is 14.2. The first-order valence-electron chi connectivity index (χ1n) is 16.6. The van der Waals surface area contributed by atoms with Crippen LogP contribution in [0.3, 0.4) is 0 Å². The number of ether oxygens (including phenoxy) is 2. The van der Waals surface area contributed by atoms with E-state index >= 15 is 0 Å². The van der Waals surface area contributed by atoms with Gasteiger partial charge in [-0.25, -0.2) is 13.6 Å². The molecule has 12 nitrogen and oxygen atoms in total. The summed E-state index contributed by atoms with van der Waals surface area (Å²) in [5.74, 6) is -3.60. The lowest BCUT2D eigenvalue weighted by Gasteiger charge is -2.21. The molecular weight excluding hydrogens is 775 g/mol. The van der Waals surface area contributed by atoms with Gasteiger partial charge in [0, 0.05) is 47.7 Å². The molecule has 288 valence electrons. The molecule has 6 aromatic rings. The molecule has 0 saturated heterocycles. The highest BCUT2D eigenvalue weighted by molar-refractivity contribution is 6.67. The number of rotatable bonds is 13. The van der Waals surface area contributed by atoms with Crippen molar-refractivity contribution in [2.45, 2.75) is 31.9 Å². The van der Waals surface area contributed by atoms with Crippen LogP contribution in [0.5, 0.6) is 0 Å². The topological polar surface area (TPSA) is 171 Å². The third-order valence-electron chi connectivity index (χ3n) is 7.91. The van der Waals surface area contributed by atoms with Crippen LogP contribution in [0.25, 0.3) is 33.6 Å². The van der Waals surface area contributed by atoms with Crippen LogP contribution in [0.2, 0.25) is 5.02 Å². The zero-order valence-electron chi connectivity index (χ0n) is 29.3. The van der Waals surface area contributed by atoms with Crippen molar-refractivity contribution in [3.05, 3.63) is 143 Å². The van der Waals surface area contributed by atoms with Gasteiger partial charge in [0.2, 0.25) is 18.3 Å². The number of benzene rings is 4. The van der Waals surface area contributed by atoms with Crippen LogP contribution in [0.4, 0.5) is 8.78 Å². The molecular formula is C40H31Cl2F2N3O9. The van der Waals surface area contributed by atoms with Crippen molar-refractivity contribution in [2.75, 3.05) is 6.79 Å². The van der Waals surface area contributed by atoms with Gasteiger partial charge >= 0.3 is 11.9 Å². The molecule has 0 spiro atoms. The molecule has 0 radical (unpaired) electrons. The van der Waals surface area contributed by atoms with Crippen LogP contribution in [0, 0.1) is 11.6 Å². The van der Waals surface area contributed by atoms with Crippen LogP contribution < -0.4 is 5.32 Å². The van der Waals surface area contributed by atoms with E-state index in [9.17, 15) is 33.1 Å². The molecule has 16 heteroatoms. The summed E-state index contributed by atoms with van der Waals surface area (Å²) in [6.07, 6.45) is -1.63. The molecule has 0 saturated carbocycles. The van der Waals surface area contributed by atoms with Gasteiger partial charge in [0.15, 0.2) is 6.10 Å².